The Labute approximate surface area is 179 Å². The van der Waals surface area contributed by atoms with Crippen molar-refractivity contribution in [2.45, 2.75) is 47.0 Å². The second-order valence-electron chi connectivity index (χ2n) is 6.58. The van der Waals surface area contributed by atoms with E-state index in [1.807, 2.05) is 33.8 Å². The Morgan fingerprint density at radius 1 is 1.13 bits per heavy atom. The summed E-state index contributed by atoms with van der Waals surface area (Å²) in [4.78, 5) is 29.1. The second-order valence-corrected chi connectivity index (χ2v) is 6.58. The van der Waals surface area contributed by atoms with Crippen molar-refractivity contribution < 1.29 is 24.5 Å². The van der Waals surface area contributed by atoms with E-state index in [2.05, 4.69) is 4.98 Å². The monoisotopic (exact) mass is 426 g/mol. The first-order valence-electron chi connectivity index (χ1n) is 10.3. The van der Waals surface area contributed by atoms with Crippen LogP contribution >= 0.6 is 0 Å². The number of methoxy groups -OCH3 is 1. The molecule has 0 saturated heterocycles. The van der Waals surface area contributed by atoms with Crippen molar-refractivity contribution in [3.63, 3.8) is 0 Å². The van der Waals surface area contributed by atoms with Crippen LogP contribution in [0.5, 0.6) is 11.5 Å². The van der Waals surface area contributed by atoms with Crippen molar-refractivity contribution in [2.75, 3.05) is 7.11 Å². The minimum Gasteiger partial charge on any atom is -0.504 e. The number of aliphatic hydroxyl groups excluding tert-OH is 1. The number of fused-ring (bicyclic) bond motifs is 5. The third-order valence-corrected chi connectivity index (χ3v) is 5.08. The molecule has 2 aromatic heterocycles. The van der Waals surface area contributed by atoms with Gasteiger partial charge in [0.1, 0.15) is 6.61 Å². The van der Waals surface area contributed by atoms with Crippen LogP contribution < -0.4 is 10.3 Å². The number of esters is 1. The molecule has 0 radical (unpaired) electrons. The lowest BCUT2D eigenvalue weighted by Crippen LogP contribution is -2.32. The fraction of sp³-hybridized carbons (Fsp3) is 0.348. The van der Waals surface area contributed by atoms with Crippen LogP contribution in [-0.4, -0.2) is 32.8 Å². The molecule has 0 spiro atoms. The molecule has 0 aliphatic carbocycles. The number of ether oxygens (including phenoxy) is 2. The van der Waals surface area contributed by atoms with E-state index in [1.54, 1.807) is 16.7 Å². The van der Waals surface area contributed by atoms with E-state index in [4.69, 9.17) is 9.47 Å². The number of hydrogen-bond acceptors (Lipinski definition) is 7. The number of rotatable bonds is 1. The zero-order valence-electron chi connectivity index (χ0n) is 18.2. The van der Waals surface area contributed by atoms with Crippen LogP contribution in [0.4, 0.5) is 0 Å². The molecular formula is C23H26N2O6. The number of nitrogens with zero attached hydrogens (tertiary/aromatic N) is 2. The maximum Gasteiger partial charge on any atom is 0.340 e. The van der Waals surface area contributed by atoms with Gasteiger partial charge >= 0.3 is 5.97 Å². The van der Waals surface area contributed by atoms with Gasteiger partial charge in [-0.1, -0.05) is 27.7 Å². The van der Waals surface area contributed by atoms with E-state index < -0.39 is 12.1 Å². The van der Waals surface area contributed by atoms with Crippen LogP contribution in [0.2, 0.25) is 0 Å². The van der Waals surface area contributed by atoms with Gasteiger partial charge in [-0.05, 0) is 18.2 Å². The van der Waals surface area contributed by atoms with Gasteiger partial charge in [0.15, 0.2) is 17.6 Å². The number of phenols is 1. The van der Waals surface area contributed by atoms with Gasteiger partial charge in [0, 0.05) is 22.6 Å². The minimum atomic E-state index is -1.48. The SMILES string of the molecule is CC.CC.COc1cc2cc3c(nc2cc1O)-c1cc2c(c(=O)n1C3)COC(=O)C2O. The predicted molar refractivity (Wildman–Crippen MR) is 116 cm³/mol. The van der Waals surface area contributed by atoms with E-state index in [1.165, 1.54) is 13.2 Å². The molecule has 1 unspecified atom stereocenters. The molecular weight excluding hydrogens is 400 g/mol. The normalized spacial score (nSPS) is 15.4. The highest BCUT2D eigenvalue weighted by atomic mass is 16.5. The predicted octanol–water partition coefficient (Wildman–Crippen LogP) is 3.28. The topological polar surface area (TPSA) is 111 Å². The van der Waals surface area contributed by atoms with Crippen LogP contribution in [0.1, 0.15) is 50.5 Å². The molecule has 2 N–H and O–H groups in total. The molecule has 8 heteroatoms. The van der Waals surface area contributed by atoms with Crippen LogP contribution in [0.25, 0.3) is 22.3 Å². The zero-order valence-corrected chi connectivity index (χ0v) is 18.2. The number of aliphatic hydroxyl groups is 1. The lowest BCUT2D eigenvalue weighted by molar-refractivity contribution is -0.157. The third-order valence-electron chi connectivity index (χ3n) is 5.08. The van der Waals surface area contributed by atoms with E-state index in [0.717, 1.165) is 10.9 Å². The molecule has 164 valence electrons. The van der Waals surface area contributed by atoms with Gasteiger partial charge in [-0.3, -0.25) is 4.79 Å². The molecule has 1 aromatic carbocycles. The minimum absolute atomic E-state index is 0.0311. The number of benzene rings is 1. The number of cyclic esters (lactones) is 1. The standard InChI is InChI=1S/C19H14N2O6.2C2H6/c1-26-15-3-8-2-9-6-21-13(16(9)20-12(8)5-14(15)22)4-10-11(18(21)24)7-27-19(25)17(10)23;2*1-2/h2-5,17,22-23H,6-7H2,1H3;2*1-2H3. The Morgan fingerprint density at radius 2 is 1.84 bits per heavy atom. The summed E-state index contributed by atoms with van der Waals surface area (Å²) in [7, 11) is 1.47. The van der Waals surface area contributed by atoms with E-state index in [0.29, 0.717) is 29.2 Å². The molecule has 1 atom stereocenters. The fourth-order valence-corrected chi connectivity index (χ4v) is 3.71. The average molecular weight is 426 g/mol. The number of carbonyl (C=O) groups excluding carboxylic acids is 1. The van der Waals surface area contributed by atoms with E-state index >= 15 is 0 Å². The summed E-state index contributed by atoms with van der Waals surface area (Å²) < 4.78 is 11.6. The number of pyridine rings is 2. The highest BCUT2D eigenvalue weighted by Crippen LogP contribution is 2.37. The first kappa shape index (κ1) is 22.3. The number of aromatic hydroxyl groups is 1. The molecule has 0 fully saturated rings. The summed E-state index contributed by atoms with van der Waals surface area (Å²) in [6.45, 7) is 8.17. The number of hydrogen-bond donors (Lipinski definition) is 2. The van der Waals surface area contributed by atoms with Crippen molar-refractivity contribution in [1.29, 1.82) is 0 Å². The van der Waals surface area contributed by atoms with Crippen molar-refractivity contribution >= 4 is 16.9 Å². The van der Waals surface area contributed by atoms with E-state index in [-0.39, 0.29) is 29.0 Å². The third kappa shape index (κ3) is 3.53. The molecule has 31 heavy (non-hydrogen) atoms. The van der Waals surface area contributed by atoms with Crippen LogP contribution in [0.3, 0.4) is 0 Å². The van der Waals surface area contributed by atoms with Crippen molar-refractivity contribution in [1.82, 2.24) is 9.55 Å². The second kappa shape index (κ2) is 8.77. The maximum atomic E-state index is 12.8. The van der Waals surface area contributed by atoms with Crippen LogP contribution in [-0.2, 0) is 22.7 Å². The molecule has 4 heterocycles. The van der Waals surface area contributed by atoms with Crippen molar-refractivity contribution in [2.24, 2.45) is 0 Å². The van der Waals surface area contributed by atoms with Gasteiger partial charge in [-0.15, -0.1) is 0 Å². The van der Waals surface area contributed by atoms with Crippen LogP contribution in [0.15, 0.2) is 29.1 Å². The van der Waals surface area contributed by atoms with Gasteiger partial charge in [0.05, 0.1) is 36.1 Å². The molecule has 0 saturated carbocycles. The molecule has 8 nitrogen and oxygen atoms in total. The van der Waals surface area contributed by atoms with Gasteiger partial charge < -0.3 is 24.3 Å². The van der Waals surface area contributed by atoms with Gasteiger partial charge in [-0.2, -0.15) is 0 Å². The molecule has 3 aromatic rings. The summed E-state index contributed by atoms with van der Waals surface area (Å²) in [5.41, 5.74) is 2.72. The van der Waals surface area contributed by atoms with E-state index in [9.17, 15) is 19.8 Å². The zero-order chi connectivity index (χ0) is 22.9. The van der Waals surface area contributed by atoms with Gasteiger partial charge in [0.2, 0.25) is 0 Å². The first-order chi connectivity index (χ1) is 15.0. The number of phenolic OH excluding ortho intramolecular Hbond substituents is 1. The molecule has 0 bridgehead atoms. The Kier molecular flexibility index (Phi) is 6.31. The fourth-order valence-electron chi connectivity index (χ4n) is 3.71. The molecule has 2 aliphatic rings. The average Bonchev–Trinajstić information content (AvgIpc) is 3.15. The van der Waals surface area contributed by atoms with Crippen molar-refractivity contribution in [3.8, 4) is 22.9 Å². The summed E-state index contributed by atoms with van der Waals surface area (Å²) in [6, 6.07) is 6.70. The lowest BCUT2D eigenvalue weighted by atomic mass is 10.0. The smallest absolute Gasteiger partial charge is 0.340 e. The quantitative estimate of drug-likeness (QED) is 0.449. The Morgan fingerprint density at radius 3 is 2.52 bits per heavy atom. The van der Waals surface area contributed by atoms with Gasteiger partial charge in [-0.25, -0.2) is 9.78 Å². The molecule has 2 aliphatic heterocycles. The summed E-state index contributed by atoms with van der Waals surface area (Å²) in [5.74, 6) is -0.462. The number of aromatic nitrogens is 2. The number of carbonyl (C=O) groups is 1. The highest BCUT2D eigenvalue weighted by molar-refractivity contribution is 5.87. The Balaban J connectivity index is 0.000000645. The summed E-state index contributed by atoms with van der Waals surface area (Å²) in [5, 5.41) is 20.9. The largest absolute Gasteiger partial charge is 0.504 e. The summed E-state index contributed by atoms with van der Waals surface area (Å²) in [6.07, 6.45) is -1.48. The van der Waals surface area contributed by atoms with Crippen LogP contribution in [0, 0.1) is 0 Å². The highest BCUT2D eigenvalue weighted by Gasteiger charge is 2.33. The maximum absolute atomic E-state index is 12.8. The van der Waals surface area contributed by atoms with Crippen molar-refractivity contribution in [3.05, 3.63) is 51.3 Å². The lowest BCUT2D eigenvalue weighted by Gasteiger charge is -2.21. The summed E-state index contributed by atoms with van der Waals surface area (Å²) >= 11 is 0. The first-order valence-corrected chi connectivity index (χ1v) is 10.3. The molecule has 0 amide bonds. The Hall–Kier alpha value is -3.39. The molecule has 5 rings (SSSR count). The Bertz CT molecular complexity index is 1220. The van der Waals surface area contributed by atoms with Gasteiger partial charge in [0.25, 0.3) is 5.56 Å².